The molecule has 0 aromatic heterocycles. The summed E-state index contributed by atoms with van der Waals surface area (Å²) in [5, 5.41) is 0. The van der Waals surface area contributed by atoms with Crippen LogP contribution in [0.5, 0.6) is 0 Å². The Labute approximate surface area is 88.5 Å². The highest BCUT2D eigenvalue weighted by Gasteiger charge is 1.91. The van der Waals surface area contributed by atoms with Crippen molar-refractivity contribution in [3.63, 3.8) is 0 Å². The van der Waals surface area contributed by atoms with Crippen LogP contribution in [0.15, 0.2) is 0 Å². The largest absolute Gasteiger partial charge is 0.465 e. The van der Waals surface area contributed by atoms with E-state index >= 15 is 0 Å². The lowest BCUT2D eigenvalue weighted by Gasteiger charge is -2.02. The first-order chi connectivity index (χ1) is 6.41. The van der Waals surface area contributed by atoms with Crippen molar-refractivity contribution < 1.29 is 4.12 Å². The molecule has 0 rings (SSSR count). The third kappa shape index (κ3) is 12.4. The highest BCUT2D eigenvalue weighted by molar-refractivity contribution is 6.42. The standard InChI is InChI=1S/C10H26OSi2/c1-3-5-7-9-12-11-13-10-8-6-4-2/h3-10,12-13H2,1-2H3. The Kier molecular flexibility index (Phi) is 12.8. The van der Waals surface area contributed by atoms with Crippen molar-refractivity contribution in [1.82, 2.24) is 0 Å². The highest BCUT2D eigenvalue weighted by atomic mass is 28.3. The molecule has 0 saturated carbocycles. The number of rotatable bonds is 10. The third-order valence-corrected chi connectivity index (χ3v) is 6.17. The van der Waals surface area contributed by atoms with Gasteiger partial charge < -0.3 is 4.12 Å². The highest BCUT2D eigenvalue weighted by Crippen LogP contribution is 2.01. The van der Waals surface area contributed by atoms with E-state index in [0.29, 0.717) is 0 Å². The molecule has 0 spiro atoms. The maximum Gasteiger partial charge on any atom is 0.146 e. The predicted molar refractivity (Wildman–Crippen MR) is 66.8 cm³/mol. The maximum absolute atomic E-state index is 5.80. The molecule has 0 aliphatic carbocycles. The van der Waals surface area contributed by atoms with Crippen molar-refractivity contribution in [2.45, 2.75) is 64.5 Å². The molecule has 0 unspecified atom stereocenters. The van der Waals surface area contributed by atoms with E-state index in [2.05, 4.69) is 13.8 Å². The zero-order chi connectivity index (χ0) is 9.78. The van der Waals surface area contributed by atoms with Crippen LogP contribution in [0, 0.1) is 0 Å². The fourth-order valence-electron chi connectivity index (χ4n) is 1.36. The lowest BCUT2D eigenvalue weighted by Crippen LogP contribution is -2.03. The van der Waals surface area contributed by atoms with Gasteiger partial charge in [-0.2, -0.15) is 0 Å². The van der Waals surface area contributed by atoms with E-state index in [1.54, 1.807) is 0 Å². The fourth-order valence-corrected chi connectivity index (χ4v) is 4.93. The van der Waals surface area contributed by atoms with E-state index in [0.717, 1.165) is 0 Å². The maximum atomic E-state index is 5.80. The normalized spacial score (nSPS) is 12.5. The molecule has 0 aromatic rings. The van der Waals surface area contributed by atoms with Crippen LogP contribution < -0.4 is 0 Å². The Morgan fingerprint density at radius 1 is 0.769 bits per heavy atom. The molecule has 0 atom stereocenters. The minimum atomic E-state index is -0.0815. The monoisotopic (exact) mass is 218 g/mol. The third-order valence-electron chi connectivity index (χ3n) is 2.28. The average Bonchev–Trinajstić information content (AvgIpc) is 2.16. The molecule has 0 aromatic carbocycles. The van der Waals surface area contributed by atoms with Gasteiger partial charge >= 0.3 is 0 Å². The summed E-state index contributed by atoms with van der Waals surface area (Å²) in [6.45, 7) is 4.53. The fraction of sp³-hybridized carbons (Fsp3) is 1.00. The molecule has 0 aliphatic rings. The van der Waals surface area contributed by atoms with Crippen molar-refractivity contribution in [2.75, 3.05) is 0 Å². The number of hydrogen-bond acceptors (Lipinski definition) is 1. The zero-order valence-electron chi connectivity index (χ0n) is 9.48. The van der Waals surface area contributed by atoms with Crippen molar-refractivity contribution in [3.8, 4) is 0 Å². The van der Waals surface area contributed by atoms with Gasteiger partial charge in [0, 0.05) is 0 Å². The molecular formula is C10H26OSi2. The Hall–Kier alpha value is 0.394. The van der Waals surface area contributed by atoms with E-state index in [9.17, 15) is 0 Å². The second-order valence-electron chi connectivity index (χ2n) is 3.73. The summed E-state index contributed by atoms with van der Waals surface area (Å²) in [6, 6.07) is 2.85. The van der Waals surface area contributed by atoms with Crippen molar-refractivity contribution in [3.05, 3.63) is 0 Å². The van der Waals surface area contributed by atoms with Crippen LogP contribution in [-0.2, 0) is 4.12 Å². The average molecular weight is 218 g/mol. The number of unbranched alkanes of at least 4 members (excludes halogenated alkanes) is 4. The SMILES string of the molecule is CCCCC[SiH2]O[SiH2]CCCCC. The van der Waals surface area contributed by atoms with Crippen LogP contribution in [0.25, 0.3) is 0 Å². The first-order valence-electron chi connectivity index (χ1n) is 5.99. The summed E-state index contributed by atoms with van der Waals surface area (Å²) >= 11 is 0. The van der Waals surface area contributed by atoms with Gasteiger partial charge in [-0.05, 0) is 12.1 Å². The van der Waals surface area contributed by atoms with E-state index in [1.807, 2.05) is 0 Å². The van der Waals surface area contributed by atoms with Gasteiger partial charge in [-0.25, -0.2) is 0 Å². The summed E-state index contributed by atoms with van der Waals surface area (Å²) in [5.74, 6) is 0. The van der Waals surface area contributed by atoms with Crippen molar-refractivity contribution in [2.24, 2.45) is 0 Å². The van der Waals surface area contributed by atoms with Crippen LogP contribution in [0.3, 0.4) is 0 Å². The molecule has 3 heteroatoms. The van der Waals surface area contributed by atoms with Crippen molar-refractivity contribution >= 4 is 19.5 Å². The van der Waals surface area contributed by atoms with Gasteiger partial charge in [-0.15, -0.1) is 0 Å². The summed E-state index contributed by atoms with van der Waals surface area (Å²) in [5.41, 5.74) is 0. The Bertz CT molecular complexity index is 79.0. The second kappa shape index (κ2) is 12.4. The lowest BCUT2D eigenvalue weighted by molar-refractivity contribution is 0.613. The smallest absolute Gasteiger partial charge is 0.146 e. The van der Waals surface area contributed by atoms with Gasteiger partial charge in [-0.1, -0.05) is 52.4 Å². The van der Waals surface area contributed by atoms with Crippen LogP contribution in [-0.4, -0.2) is 19.5 Å². The minimum absolute atomic E-state index is 0.0815. The van der Waals surface area contributed by atoms with Crippen LogP contribution >= 0.6 is 0 Å². The molecule has 0 saturated heterocycles. The first-order valence-corrected chi connectivity index (χ1v) is 9.15. The van der Waals surface area contributed by atoms with Crippen molar-refractivity contribution in [1.29, 1.82) is 0 Å². The van der Waals surface area contributed by atoms with Crippen LogP contribution in [0.1, 0.15) is 52.4 Å². The van der Waals surface area contributed by atoms with Gasteiger partial charge in [-0.3, -0.25) is 0 Å². The van der Waals surface area contributed by atoms with Gasteiger partial charge in [0.2, 0.25) is 0 Å². The van der Waals surface area contributed by atoms with E-state index in [1.165, 1.54) is 50.6 Å². The Morgan fingerprint density at radius 3 is 1.62 bits per heavy atom. The molecule has 0 fully saturated rings. The molecule has 0 heterocycles. The summed E-state index contributed by atoms with van der Waals surface area (Å²) < 4.78 is 5.80. The van der Waals surface area contributed by atoms with E-state index in [-0.39, 0.29) is 19.5 Å². The van der Waals surface area contributed by atoms with Crippen LogP contribution in [0.4, 0.5) is 0 Å². The topological polar surface area (TPSA) is 9.23 Å². The molecule has 0 radical (unpaired) electrons. The van der Waals surface area contributed by atoms with Gasteiger partial charge in [0.1, 0.15) is 19.5 Å². The van der Waals surface area contributed by atoms with E-state index < -0.39 is 0 Å². The molecule has 1 nitrogen and oxygen atoms in total. The summed E-state index contributed by atoms with van der Waals surface area (Å²) in [4.78, 5) is 0. The van der Waals surface area contributed by atoms with Gasteiger partial charge in [0.05, 0.1) is 0 Å². The van der Waals surface area contributed by atoms with E-state index in [4.69, 9.17) is 4.12 Å². The Morgan fingerprint density at radius 2 is 1.23 bits per heavy atom. The Balaban J connectivity index is 2.76. The lowest BCUT2D eigenvalue weighted by atomic mass is 10.3. The molecule has 0 aliphatic heterocycles. The number of hydrogen-bond donors (Lipinski definition) is 0. The quantitative estimate of drug-likeness (QED) is 0.404. The molecule has 0 amide bonds. The summed E-state index contributed by atoms with van der Waals surface area (Å²) in [7, 11) is -0.163. The first kappa shape index (κ1) is 13.4. The molecule has 80 valence electrons. The molecular weight excluding hydrogens is 192 g/mol. The minimum Gasteiger partial charge on any atom is -0.465 e. The zero-order valence-corrected chi connectivity index (χ0v) is 12.3. The van der Waals surface area contributed by atoms with Gasteiger partial charge in [0.15, 0.2) is 0 Å². The second-order valence-corrected chi connectivity index (χ2v) is 7.60. The molecule has 0 N–H and O–H groups in total. The predicted octanol–water partition coefficient (Wildman–Crippen LogP) is 2.39. The molecule has 0 bridgehead atoms. The summed E-state index contributed by atoms with van der Waals surface area (Å²) in [6.07, 6.45) is 8.37. The van der Waals surface area contributed by atoms with Crippen LogP contribution in [0.2, 0.25) is 12.1 Å². The molecule has 13 heavy (non-hydrogen) atoms. The van der Waals surface area contributed by atoms with Gasteiger partial charge in [0.25, 0.3) is 0 Å².